The van der Waals surface area contributed by atoms with Gasteiger partial charge in [-0.3, -0.25) is 0 Å². The van der Waals surface area contributed by atoms with Crippen LogP contribution in [0.5, 0.6) is 0 Å². The van der Waals surface area contributed by atoms with Crippen molar-refractivity contribution in [3.8, 4) is 5.69 Å². The molecule has 100 valence electrons. The predicted octanol–water partition coefficient (Wildman–Crippen LogP) is 2.88. The third-order valence-electron chi connectivity index (χ3n) is 2.49. The molecule has 0 unspecified atom stereocenters. The fourth-order valence-electron chi connectivity index (χ4n) is 1.60. The van der Waals surface area contributed by atoms with Crippen molar-refractivity contribution in [2.75, 3.05) is 0 Å². The molecule has 1 aromatic heterocycles. The number of rotatable bonds is 3. The highest BCUT2D eigenvalue weighted by Gasteiger charge is 2.19. The van der Waals surface area contributed by atoms with E-state index in [1.807, 2.05) is 13.8 Å². The van der Waals surface area contributed by atoms with E-state index in [0.29, 0.717) is 11.5 Å². The van der Waals surface area contributed by atoms with Crippen LogP contribution < -0.4 is 0 Å². The first-order chi connectivity index (χ1) is 8.90. The Hall–Kier alpha value is -1.95. The Morgan fingerprint density at radius 2 is 2.16 bits per heavy atom. The summed E-state index contributed by atoms with van der Waals surface area (Å²) in [5, 5.41) is 12.8. The van der Waals surface area contributed by atoms with Crippen LogP contribution in [-0.2, 0) is 0 Å². The molecule has 1 heterocycles. The number of aromatic carboxylic acids is 1. The number of hydrogen-bond acceptors (Lipinski definition) is 3. The van der Waals surface area contributed by atoms with Gasteiger partial charge >= 0.3 is 5.97 Å². The molecule has 0 spiro atoms. The largest absolute Gasteiger partial charge is 0.475 e. The van der Waals surface area contributed by atoms with Gasteiger partial charge in [-0.25, -0.2) is 18.9 Å². The zero-order valence-corrected chi connectivity index (χ0v) is 11.0. The normalized spacial score (nSPS) is 11.0. The molecule has 2 rings (SSSR count). The van der Waals surface area contributed by atoms with E-state index >= 15 is 0 Å². The van der Waals surface area contributed by atoms with E-state index in [0.717, 1.165) is 0 Å². The van der Waals surface area contributed by atoms with Crippen LogP contribution in [0.25, 0.3) is 5.69 Å². The SMILES string of the molecule is CC(C)c1nc(C(=O)O)nn1-c1ccc(Cl)c(F)c1. The van der Waals surface area contributed by atoms with E-state index in [4.69, 9.17) is 16.7 Å². The smallest absolute Gasteiger partial charge is 0.375 e. The molecule has 5 nitrogen and oxygen atoms in total. The maximum atomic E-state index is 13.5. The highest BCUT2D eigenvalue weighted by molar-refractivity contribution is 6.30. The van der Waals surface area contributed by atoms with Crippen molar-refractivity contribution in [2.45, 2.75) is 19.8 Å². The Morgan fingerprint density at radius 1 is 1.47 bits per heavy atom. The average molecular weight is 284 g/mol. The number of carboxylic acids is 1. The van der Waals surface area contributed by atoms with E-state index in [1.54, 1.807) is 6.07 Å². The van der Waals surface area contributed by atoms with Gasteiger partial charge < -0.3 is 5.11 Å². The summed E-state index contributed by atoms with van der Waals surface area (Å²) in [5.41, 5.74) is 0.380. The van der Waals surface area contributed by atoms with Gasteiger partial charge in [0.1, 0.15) is 11.6 Å². The van der Waals surface area contributed by atoms with Crippen LogP contribution >= 0.6 is 11.6 Å². The van der Waals surface area contributed by atoms with Crippen LogP contribution in [0.2, 0.25) is 5.02 Å². The van der Waals surface area contributed by atoms with Gasteiger partial charge in [-0.15, -0.1) is 5.10 Å². The topological polar surface area (TPSA) is 68.0 Å². The average Bonchev–Trinajstić information content (AvgIpc) is 2.78. The van der Waals surface area contributed by atoms with Crippen LogP contribution in [0.3, 0.4) is 0 Å². The van der Waals surface area contributed by atoms with E-state index in [-0.39, 0.29) is 16.8 Å². The van der Waals surface area contributed by atoms with Gasteiger partial charge in [0.15, 0.2) is 0 Å². The molecular weight excluding hydrogens is 273 g/mol. The highest BCUT2D eigenvalue weighted by Crippen LogP contribution is 2.21. The number of aromatic nitrogens is 3. The molecule has 7 heteroatoms. The molecule has 0 atom stereocenters. The minimum absolute atomic E-state index is 0.00609. The highest BCUT2D eigenvalue weighted by atomic mass is 35.5. The van der Waals surface area contributed by atoms with E-state index < -0.39 is 11.8 Å². The zero-order valence-electron chi connectivity index (χ0n) is 10.3. The second kappa shape index (κ2) is 4.97. The van der Waals surface area contributed by atoms with E-state index in [1.165, 1.54) is 16.8 Å². The summed E-state index contributed by atoms with van der Waals surface area (Å²) in [4.78, 5) is 14.8. The second-order valence-corrected chi connectivity index (χ2v) is 4.67. The lowest BCUT2D eigenvalue weighted by Crippen LogP contribution is -2.05. The molecule has 19 heavy (non-hydrogen) atoms. The third kappa shape index (κ3) is 2.58. The van der Waals surface area contributed by atoms with E-state index in [9.17, 15) is 9.18 Å². The van der Waals surface area contributed by atoms with Gasteiger partial charge in [-0.1, -0.05) is 25.4 Å². The van der Waals surface area contributed by atoms with Gasteiger partial charge in [-0.2, -0.15) is 0 Å². The van der Waals surface area contributed by atoms with Crippen molar-refractivity contribution in [1.82, 2.24) is 14.8 Å². The summed E-state index contributed by atoms with van der Waals surface area (Å²) in [6.45, 7) is 3.69. The van der Waals surface area contributed by atoms with Crippen molar-refractivity contribution >= 4 is 17.6 Å². The minimum atomic E-state index is -1.23. The fourth-order valence-corrected chi connectivity index (χ4v) is 1.71. The lowest BCUT2D eigenvalue weighted by Gasteiger charge is -2.08. The van der Waals surface area contributed by atoms with Gasteiger partial charge in [0.2, 0.25) is 0 Å². The molecule has 0 amide bonds. The first kappa shape index (κ1) is 13.5. The fraction of sp³-hybridized carbons (Fsp3) is 0.250. The number of benzene rings is 1. The molecule has 1 N–H and O–H groups in total. The molecule has 0 bridgehead atoms. The molecule has 0 aliphatic carbocycles. The quantitative estimate of drug-likeness (QED) is 0.940. The first-order valence-corrected chi connectivity index (χ1v) is 5.93. The second-order valence-electron chi connectivity index (χ2n) is 4.26. The van der Waals surface area contributed by atoms with E-state index in [2.05, 4.69) is 10.1 Å². The number of hydrogen-bond donors (Lipinski definition) is 1. The summed E-state index contributed by atoms with van der Waals surface area (Å²) < 4.78 is 14.8. The summed E-state index contributed by atoms with van der Waals surface area (Å²) in [6, 6.07) is 4.13. The van der Waals surface area contributed by atoms with Crippen LogP contribution in [-0.4, -0.2) is 25.8 Å². The maximum Gasteiger partial charge on any atom is 0.375 e. The van der Waals surface area contributed by atoms with Crippen LogP contribution in [0.15, 0.2) is 18.2 Å². The summed E-state index contributed by atoms with van der Waals surface area (Å²) in [6.07, 6.45) is 0. The van der Waals surface area contributed by atoms with Crippen molar-refractivity contribution in [3.63, 3.8) is 0 Å². The third-order valence-corrected chi connectivity index (χ3v) is 2.79. The number of carboxylic acid groups (broad SMARTS) is 1. The van der Waals surface area contributed by atoms with Crippen LogP contribution in [0.1, 0.15) is 36.2 Å². The Balaban J connectivity index is 2.59. The molecule has 0 aliphatic rings. The van der Waals surface area contributed by atoms with Gasteiger partial charge in [0.05, 0.1) is 10.7 Å². The Bertz CT molecular complexity index is 640. The zero-order chi connectivity index (χ0) is 14.2. The van der Waals surface area contributed by atoms with Crippen molar-refractivity contribution in [3.05, 3.63) is 40.7 Å². The van der Waals surface area contributed by atoms with Crippen molar-refractivity contribution < 1.29 is 14.3 Å². The molecule has 0 fully saturated rings. The standard InChI is InChI=1S/C12H11ClFN3O2/c1-6(2)11-15-10(12(18)19)16-17(11)7-3-4-8(13)9(14)5-7/h3-6H,1-2H3,(H,18,19). The lowest BCUT2D eigenvalue weighted by molar-refractivity contribution is 0.0683. The summed E-state index contributed by atoms with van der Waals surface area (Å²) in [5.74, 6) is -1.76. The van der Waals surface area contributed by atoms with Gasteiger partial charge in [-0.05, 0) is 12.1 Å². The van der Waals surface area contributed by atoms with Crippen molar-refractivity contribution in [2.24, 2.45) is 0 Å². The maximum absolute atomic E-state index is 13.5. The lowest BCUT2D eigenvalue weighted by atomic mass is 10.2. The molecular formula is C12H11ClFN3O2. The Morgan fingerprint density at radius 3 is 2.68 bits per heavy atom. The molecule has 2 aromatic rings. The molecule has 0 radical (unpaired) electrons. The molecule has 1 aromatic carbocycles. The van der Waals surface area contributed by atoms with Crippen LogP contribution in [0, 0.1) is 5.82 Å². The molecule has 0 saturated heterocycles. The Labute approximate surface area is 113 Å². The Kier molecular flexibility index (Phi) is 3.53. The van der Waals surface area contributed by atoms with Crippen LogP contribution in [0.4, 0.5) is 4.39 Å². The number of carbonyl (C=O) groups is 1. The molecule has 0 saturated carbocycles. The first-order valence-electron chi connectivity index (χ1n) is 5.56. The summed E-state index contributed by atoms with van der Waals surface area (Å²) >= 11 is 5.61. The predicted molar refractivity (Wildman–Crippen MR) is 67.4 cm³/mol. The minimum Gasteiger partial charge on any atom is -0.475 e. The molecule has 0 aliphatic heterocycles. The monoisotopic (exact) mass is 283 g/mol. The summed E-state index contributed by atoms with van der Waals surface area (Å²) in [7, 11) is 0. The number of nitrogens with zero attached hydrogens (tertiary/aromatic N) is 3. The van der Waals surface area contributed by atoms with Crippen molar-refractivity contribution in [1.29, 1.82) is 0 Å². The van der Waals surface area contributed by atoms with Gasteiger partial charge in [0, 0.05) is 12.0 Å². The van der Waals surface area contributed by atoms with Gasteiger partial charge in [0.25, 0.3) is 5.82 Å². The number of halogens is 2.